The van der Waals surface area contributed by atoms with E-state index in [9.17, 15) is 4.79 Å². The van der Waals surface area contributed by atoms with Gasteiger partial charge in [-0.2, -0.15) is 0 Å². The zero-order chi connectivity index (χ0) is 15.2. The molecule has 0 heterocycles. The third kappa shape index (κ3) is 4.09. The fraction of sp³-hybridized carbons (Fsp3) is 0.278. The predicted molar refractivity (Wildman–Crippen MR) is 85.7 cm³/mol. The molecule has 1 amide bonds. The number of hydrogen-bond acceptors (Lipinski definition) is 2. The molecule has 2 rings (SSSR count). The molecule has 0 fully saturated rings. The molecule has 0 aromatic heterocycles. The van der Waals surface area contributed by atoms with Crippen LogP contribution < -0.4 is 10.1 Å². The summed E-state index contributed by atoms with van der Waals surface area (Å²) in [6.07, 6.45) is 0.334. The van der Waals surface area contributed by atoms with Crippen molar-refractivity contribution in [3.8, 4) is 5.75 Å². The number of ether oxygens (including phenoxy) is 1. The number of carbonyl (C=O) groups excluding carboxylic acids is 1. The molecular formula is C18H21NO2. The number of benzene rings is 2. The Kier molecular flexibility index (Phi) is 4.99. The molecule has 3 heteroatoms. The van der Waals surface area contributed by atoms with Crippen molar-refractivity contribution in [2.24, 2.45) is 0 Å². The molecule has 1 N–H and O–H groups in total. The Hall–Kier alpha value is -2.29. The number of anilines is 1. The van der Waals surface area contributed by atoms with Crippen molar-refractivity contribution in [1.29, 1.82) is 0 Å². The Balaban J connectivity index is 2.02. The third-order valence-electron chi connectivity index (χ3n) is 3.33. The number of para-hydroxylation sites is 1. The van der Waals surface area contributed by atoms with Gasteiger partial charge in [0.15, 0.2) is 6.10 Å². The van der Waals surface area contributed by atoms with E-state index in [1.54, 1.807) is 6.92 Å². The minimum absolute atomic E-state index is 0.141. The first-order valence-electron chi connectivity index (χ1n) is 7.22. The zero-order valence-electron chi connectivity index (χ0n) is 12.7. The highest BCUT2D eigenvalue weighted by molar-refractivity contribution is 5.94. The predicted octanol–water partition coefficient (Wildman–Crippen LogP) is 3.96. The van der Waals surface area contributed by atoms with Gasteiger partial charge in [0.25, 0.3) is 5.91 Å². The molecule has 110 valence electrons. The largest absolute Gasteiger partial charge is 0.481 e. The number of nitrogens with one attached hydrogen (secondary N) is 1. The third-order valence-corrected chi connectivity index (χ3v) is 3.33. The van der Waals surface area contributed by atoms with Crippen LogP contribution in [-0.4, -0.2) is 12.0 Å². The maximum atomic E-state index is 12.2. The molecule has 2 aromatic carbocycles. The summed E-state index contributed by atoms with van der Waals surface area (Å²) in [6, 6.07) is 15.5. The summed E-state index contributed by atoms with van der Waals surface area (Å²) < 4.78 is 5.69. The Morgan fingerprint density at radius 1 is 1.19 bits per heavy atom. The van der Waals surface area contributed by atoms with Gasteiger partial charge < -0.3 is 10.1 Å². The SMILES string of the molecule is CCc1ccccc1NC(=O)C(C)Oc1cccc(C)c1. The second kappa shape index (κ2) is 6.93. The van der Waals surface area contributed by atoms with Crippen LogP contribution in [0.2, 0.25) is 0 Å². The highest BCUT2D eigenvalue weighted by atomic mass is 16.5. The first-order valence-corrected chi connectivity index (χ1v) is 7.22. The maximum absolute atomic E-state index is 12.2. The van der Waals surface area contributed by atoms with Gasteiger partial charge in [-0.15, -0.1) is 0 Å². The minimum Gasteiger partial charge on any atom is -0.481 e. The van der Waals surface area contributed by atoms with Crippen LogP contribution >= 0.6 is 0 Å². The van der Waals surface area contributed by atoms with Crippen LogP contribution in [0.3, 0.4) is 0 Å². The number of carbonyl (C=O) groups is 1. The van der Waals surface area contributed by atoms with Gasteiger partial charge in [-0.25, -0.2) is 0 Å². The average Bonchev–Trinajstić information content (AvgIpc) is 2.47. The molecule has 0 saturated heterocycles. The van der Waals surface area contributed by atoms with Gasteiger partial charge in [-0.05, 0) is 49.6 Å². The van der Waals surface area contributed by atoms with Gasteiger partial charge in [-0.3, -0.25) is 4.79 Å². The van der Waals surface area contributed by atoms with Crippen LogP contribution in [0.15, 0.2) is 48.5 Å². The van der Waals surface area contributed by atoms with E-state index in [2.05, 4.69) is 12.2 Å². The number of rotatable bonds is 5. The van der Waals surface area contributed by atoms with Crippen molar-refractivity contribution in [2.75, 3.05) is 5.32 Å². The van der Waals surface area contributed by atoms with Crippen LogP contribution in [0.25, 0.3) is 0 Å². The summed E-state index contributed by atoms with van der Waals surface area (Å²) in [4.78, 5) is 12.2. The van der Waals surface area contributed by atoms with Crippen molar-refractivity contribution in [2.45, 2.75) is 33.3 Å². The Labute approximate surface area is 126 Å². The molecule has 2 aromatic rings. The number of aryl methyl sites for hydroxylation is 2. The van der Waals surface area contributed by atoms with Gasteiger partial charge in [0, 0.05) is 5.69 Å². The van der Waals surface area contributed by atoms with E-state index in [1.807, 2.05) is 55.5 Å². The van der Waals surface area contributed by atoms with Gasteiger partial charge >= 0.3 is 0 Å². The monoisotopic (exact) mass is 283 g/mol. The average molecular weight is 283 g/mol. The highest BCUT2D eigenvalue weighted by Gasteiger charge is 2.15. The van der Waals surface area contributed by atoms with Crippen LogP contribution in [-0.2, 0) is 11.2 Å². The minimum atomic E-state index is -0.545. The fourth-order valence-electron chi connectivity index (χ4n) is 2.13. The summed E-state index contributed by atoms with van der Waals surface area (Å²) in [7, 11) is 0. The van der Waals surface area contributed by atoms with Crippen molar-refractivity contribution >= 4 is 11.6 Å². The second-order valence-electron chi connectivity index (χ2n) is 5.08. The lowest BCUT2D eigenvalue weighted by Crippen LogP contribution is -2.30. The van der Waals surface area contributed by atoms with Gasteiger partial charge in [-0.1, -0.05) is 37.3 Å². The van der Waals surface area contributed by atoms with E-state index in [0.717, 1.165) is 23.2 Å². The zero-order valence-corrected chi connectivity index (χ0v) is 12.7. The fourth-order valence-corrected chi connectivity index (χ4v) is 2.13. The van der Waals surface area contributed by atoms with E-state index in [0.29, 0.717) is 5.75 Å². The molecule has 0 aliphatic carbocycles. The normalized spacial score (nSPS) is 11.8. The van der Waals surface area contributed by atoms with Crippen LogP contribution in [0.4, 0.5) is 5.69 Å². The van der Waals surface area contributed by atoms with Gasteiger partial charge in [0.2, 0.25) is 0 Å². The second-order valence-corrected chi connectivity index (χ2v) is 5.08. The molecule has 0 saturated carbocycles. The van der Waals surface area contributed by atoms with E-state index >= 15 is 0 Å². The Morgan fingerprint density at radius 2 is 1.95 bits per heavy atom. The summed E-state index contributed by atoms with van der Waals surface area (Å²) in [5, 5.41) is 2.93. The molecule has 0 aliphatic heterocycles. The molecular weight excluding hydrogens is 262 g/mol. The summed E-state index contributed by atoms with van der Waals surface area (Å²) >= 11 is 0. The molecule has 1 atom stereocenters. The van der Waals surface area contributed by atoms with E-state index < -0.39 is 6.10 Å². The lowest BCUT2D eigenvalue weighted by Gasteiger charge is -2.16. The van der Waals surface area contributed by atoms with Crippen LogP contribution in [0.5, 0.6) is 5.75 Å². The molecule has 1 unspecified atom stereocenters. The van der Waals surface area contributed by atoms with E-state index in [4.69, 9.17) is 4.74 Å². The molecule has 3 nitrogen and oxygen atoms in total. The van der Waals surface area contributed by atoms with E-state index in [1.165, 1.54) is 0 Å². The maximum Gasteiger partial charge on any atom is 0.265 e. The molecule has 0 aliphatic rings. The first-order chi connectivity index (χ1) is 10.1. The smallest absolute Gasteiger partial charge is 0.265 e. The summed E-state index contributed by atoms with van der Waals surface area (Å²) in [6.45, 7) is 5.82. The summed E-state index contributed by atoms with van der Waals surface area (Å²) in [5.41, 5.74) is 3.08. The molecule has 0 bridgehead atoms. The van der Waals surface area contributed by atoms with Crippen molar-refractivity contribution in [3.63, 3.8) is 0 Å². The molecule has 21 heavy (non-hydrogen) atoms. The van der Waals surface area contributed by atoms with E-state index in [-0.39, 0.29) is 5.91 Å². The first kappa shape index (κ1) is 15.1. The lowest BCUT2D eigenvalue weighted by atomic mass is 10.1. The molecule has 0 spiro atoms. The molecule has 0 radical (unpaired) electrons. The summed E-state index contributed by atoms with van der Waals surface area (Å²) in [5.74, 6) is 0.568. The van der Waals surface area contributed by atoms with Gasteiger partial charge in [0.1, 0.15) is 5.75 Å². The number of amides is 1. The number of hydrogen-bond donors (Lipinski definition) is 1. The van der Waals surface area contributed by atoms with Crippen molar-refractivity contribution in [1.82, 2.24) is 0 Å². The topological polar surface area (TPSA) is 38.3 Å². The lowest BCUT2D eigenvalue weighted by molar-refractivity contribution is -0.122. The Morgan fingerprint density at radius 3 is 2.67 bits per heavy atom. The standard InChI is InChI=1S/C18H21NO2/c1-4-15-9-5-6-11-17(15)19-18(20)14(3)21-16-10-7-8-13(2)12-16/h5-12,14H,4H2,1-3H3,(H,19,20). The van der Waals surface area contributed by atoms with Crippen molar-refractivity contribution in [3.05, 3.63) is 59.7 Å². The van der Waals surface area contributed by atoms with Gasteiger partial charge in [0.05, 0.1) is 0 Å². The Bertz CT molecular complexity index is 622. The highest BCUT2D eigenvalue weighted by Crippen LogP contribution is 2.18. The van der Waals surface area contributed by atoms with Crippen LogP contribution in [0.1, 0.15) is 25.0 Å². The van der Waals surface area contributed by atoms with Crippen LogP contribution in [0, 0.1) is 6.92 Å². The quantitative estimate of drug-likeness (QED) is 0.902. The van der Waals surface area contributed by atoms with Crippen molar-refractivity contribution < 1.29 is 9.53 Å².